The molecule has 0 aliphatic carbocycles. The normalized spacial score (nSPS) is 19.3. The molecule has 1 fully saturated rings. The zero-order valence-corrected chi connectivity index (χ0v) is 10.5. The van der Waals surface area contributed by atoms with E-state index in [1.54, 1.807) is 11.8 Å². The number of ketones is 1. The van der Waals surface area contributed by atoms with Gasteiger partial charge in [-0.25, -0.2) is 4.79 Å². The number of carbonyl (C=O) groups excluding carboxylic acids is 2. The third-order valence-electron chi connectivity index (χ3n) is 3.24. The maximum absolute atomic E-state index is 11.8. The van der Waals surface area contributed by atoms with Gasteiger partial charge in [-0.05, 0) is 25.7 Å². The summed E-state index contributed by atoms with van der Waals surface area (Å²) < 4.78 is 0. The summed E-state index contributed by atoms with van der Waals surface area (Å²) in [5.41, 5.74) is 0. The van der Waals surface area contributed by atoms with Crippen molar-refractivity contribution in [2.75, 3.05) is 13.1 Å². The molecule has 1 rings (SSSR count). The molecule has 1 atom stereocenters. The number of likely N-dealkylation sites (tertiary alicyclic amines) is 1. The number of piperidine rings is 1. The highest BCUT2D eigenvalue weighted by Crippen LogP contribution is 2.15. The minimum Gasteiger partial charge on any atom is -0.328 e. The maximum Gasteiger partial charge on any atom is 0.317 e. The number of nitrogens with zero attached hydrogens (tertiary/aromatic N) is 1. The molecule has 0 saturated carbocycles. The van der Waals surface area contributed by atoms with Crippen molar-refractivity contribution in [1.29, 1.82) is 0 Å². The summed E-state index contributed by atoms with van der Waals surface area (Å²) in [7, 11) is 0. The minimum absolute atomic E-state index is 0.0822. The summed E-state index contributed by atoms with van der Waals surface area (Å²) in [6.45, 7) is 7.38. The molecule has 0 aromatic heterocycles. The quantitative estimate of drug-likeness (QED) is 0.797. The molecule has 1 N–H and O–H groups in total. The second kappa shape index (κ2) is 5.87. The van der Waals surface area contributed by atoms with Crippen molar-refractivity contribution < 1.29 is 9.59 Å². The van der Waals surface area contributed by atoms with Gasteiger partial charge in [-0.3, -0.25) is 4.79 Å². The van der Waals surface area contributed by atoms with E-state index in [2.05, 4.69) is 12.2 Å². The molecule has 1 heterocycles. The summed E-state index contributed by atoms with van der Waals surface area (Å²) in [5, 5.41) is 2.75. The maximum atomic E-state index is 11.8. The van der Waals surface area contributed by atoms with Crippen LogP contribution in [0.4, 0.5) is 4.79 Å². The Balaban J connectivity index is 2.37. The van der Waals surface area contributed by atoms with Gasteiger partial charge >= 0.3 is 6.03 Å². The first-order chi connectivity index (χ1) is 7.54. The Labute approximate surface area is 97.4 Å². The van der Waals surface area contributed by atoms with E-state index in [0.717, 1.165) is 25.9 Å². The van der Waals surface area contributed by atoms with Crippen molar-refractivity contribution in [1.82, 2.24) is 10.2 Å². The molecule has 92 valence electrons. The van der Waals surface area contributed by atoms with Crippen LogP contribution in [-0.4, -0.2) is 35.8 Å². The van der Waals surface area contributed by atoms with Crippen LogP contribution in [0.5, 0.6) is 0 Å². The number of rotatable bonds is 3. The highest BCUT2D eigenvalue weighted by atomic mass is 16.2. The average molecular weight is 226 g/mol. The van der Waals surface area contributed by atoms with Gasteiger partial charge in [0.15, 0.2) is 5.78 Å². The lowest BCUT2D eigenvalue weighted by molar-refractivity contribution is -0.120. The molecule has 1 aliphatic heterocycles. The fraction of sp³-hybridized carbons (Fsp3) is 0.833. The molecular formula is C12H22N2O2. The first-order valence-corrected chi connectivity index (χ1v) is 6.12. The van der Waals surface area contributed by atoms with Crippen LogP contribution in [0.3, 0.4) is 0 Å². The fourth-order valence-corrected chi connectivity index (χ4v) is 1.87. The number of hydrogen-bond donors (Lipinski definition) is 1. The zero-order chi connectivity index (χ0) is 12.1. The summed E-state index contributed by atoms with van der Waals surface area (Å²) in [5.74, 6) is 0.789. The second-order valence-corrected chi connectivity index (χ2v) is 4.66. The van der Waals surface area contributed by atoms with E-state index in [0.29, 0.717) is 12.3 Å². The van der Waals surface area contributed by atoms with Gasteiger partial charge in [0.05, 0.1) is 6.04 Å². The van der Waals surface area contributed by atoms with Gasteiger partial charge in [-0.2, -0.15) is 0 Å². The average Bonchev–Trinajstić information content (AvgIpc) is 2.28. The molecule has 0 radical (unpaired) electrons. The number of urea groups is 1. The van der Waals surface area contributed by atoms with Crippen LogP contribution in [0.15, 0.2) is 0 Å². The van der Waals surface area contributed by atoms with Crippen LogP contribution in [0.2, 0.25) is 0 Å². The molecule has 1 aliphatic rings. The predicted molar refractivity (Wildman–Crippen MR) is 63.3 cm³/mol. The van der Waals surface area contributed by atoms with Gasteiger partial charge in [0, 0.05) is 19.5 Å². The van der Waals surface area contributed by atoms with Crippen LogP contribution in [0.25, 0.3) is 0 Å². The highest BCUT2D eigenvalue weighted by Gasteiger charge is 2.22. The minimum atomic E-state index is -0.364. The lowest BCUT2D eigenvalue weighted by Gasteiger charge is -2.31. The predicted octanol–water partition coefficient (Wildman–Crippen LogP) is 1.80. The Morgan fingerprint density at radius 2 is 1.94 bits per heavy atom. The summed E-state index contributed by atoms with van der Waals surface area (Å²) in [4.78, 5) is 25.0. The van der Waals surface area contributed by atoms with Crippen LogP contribution in [-0.2, 0) is 4.79 Å². The van der Waals surface area contributed by atoms with Crippen molar-refractivity contribution in [3.05, 3.63) is 0 Å². The highest BCUT2D eigenvalue weighted by molar-refractivity contribution is 5.87. The number of nitrogens with one attached hydrogen (secondary N) is 1. The van der Waals surface area contributed by atoms with Crippen molar-refractivity contribution >= 4 is 11.8 Å². The Morgan fingerprint density at radius 3 is 2.44 bits per heavy atom. The SMILES string of the molecule is CCC(=O)C(C)NC(=O)N1CCC(C)CC1. The standard InChI is InChI=1S/C12H22N2O2/c1-4-11(15)10(3)13-12(16)14-7-5-9(2)6-8-14/h9-10H,4-8H2,1-3H3,(H,13,16). The van der Waals surface area contributed by atoms with Gasteiger partial charge in [0.1, 0.15) is 0 Å². The number of hydrogen-bond acceptors (Lipinski definition) is 2. The largest absolute Gasteiger partial charge is 0.328 e. The van der Waals surface area contributed by atoms with Crippen LogP contribution < -0.4 is 5.32 Å². The second-order valence-electron chi connectivity index (χ2n) is 4.66. The van der Waals surface area contributed by atoms with E-state index in [1.165, 1.54) is 0 Å². The molecule has 4 nitrogen and oxygen atoms in total. The zero-order valence-electron chi connectivity index (χ0n) is 10.5. The molecule has 1 unspecified atom stereocenters. The van der Waals surface area contributed by atoms with E-state index in [-0.39, 0.29) is 17.9 Å². The van der Waals surface area contributed by atoms with E-state index < -0.39 is 0 Å². The molecule has 0 aromatic carbocycles. The lowest BCUT2D eigenvalue weighted by Crippen LogP contribution is -2.48. The number of amides is 2. The van der Waals surface area contributed by atoms with Crippen molar-refractivity contribution in [3.8, 4) is 0 Å². The molecule has 0 spiro atoms. The van der Waals surface area contributed by atoms with Crippen LogP contribution in [0.1, 0.15) is 40.0 Å². The molecule has 2 amide bonds. The molecule has 4 heteroatoms. The Bertz CT molecular complexity index is 258. The van der Waals surface area contributed by atoms with Crippen LogP contribution >= 0.6 is 0 Å². The Kier molecular flexibility index (Phi) is 4.77. The monoisotopic (exact) mass is 226 g/mol. The summed E-state index contributed by atoms with van der Waals surface area (Å²) in [6.07, 6.45) is 2.59. The first kappa shape index (κ1) is 13.0. The fourth-order valence-electron chi connectivity index (χ4n) is 1.87. The van der Waals surface area contributed by atoms with Gasteiger partial charge < -0.3 is 10.2 Å². The summed E-state index contributed by atoms with van der Waals surface area (Å²) >= 11 is 0. The van der Waals surface area contributed by atoms with E-state index >= 15 is 0 Å². The number of Topliss-reactive ketones (excluding diaryl/α,β-unsaturated/α-hetero) is 1. The van der Waals surface area contributed by atoms with E-state index in [4.69, 9.17) is 0 Å². The third-order valence-corrected chi connectivity index (χ3v) is 3.24. The van der Waals surface area contributed by atoms with Crippen LogP contribution in [0, 0.1) is 5.92 Å². The lowest BCUT2D eigenvalue weighted by atomic mass is 10.00. The third kappa shape index (κ3) is 3.51. The first-order valence-electron chi connectivity index (χ1n) is 6.12. The molecular weight excluding hydrogens is 204 g/mol. The van der Waals surface area contributed by atoms with Crippen molar-refractivity contribution in [2.45, 2.75) is 46.1 Å². The van der Waals surface area contributed by atoms with Gasteiger partial charge in [-0.1, -0.05) is 13.8 Å². The molecule has 16 heavy (non-hydrogen) atoms. The Morgan fingerprint density at radius 1 is 1.38 bits per heavy atom. The molecule has 1 saturated heterocycles. The molecule has 0 bridgehead atoms. The summed E-state index contributed by atoms with van der Waals surface area (Å²) in [6, 6.07) is -0.460. The van der Waals surface area contributed by atoms with Gasteiger partial charge in [-0.15, -0.1) is 0 Å². The topological polar surface area (TPSA) is 49.4 Å². The smallest absolute Gasteiger partial charge is 0.317 e. The van der Waals surface area contributed by atoms with Gasteiger partial charge in [0.2, 0.25) is 0 Å². The van der Waals surface area contributed by atoms with E-state index in [9.17, 15) is 9.59 Å². The van der Waals surface area contributed by atoms with Gasteiger partial charge in [0.25, 0.3) is 0 Å². The van der Waals surface area contributed by atoms with E-state index in [1.807, 2.05) is 6.92 Å². The van der Waals surface area contributed by atoms with Crippen molar-refractivity contribution in [3.63, 3.8) is 0 Å². The molecule has 0 aromatic rings. The Hall–Kier alpha value is -1.06. The van der Waals surface area contributed by atoms with Crippen molar-refractivity contribution in [2.24, 2.45) is 5.92 Å². The number of carbonyl (C=O) groups is 2.